The molecule has 0 bridgehead atoms. The van der Waals surface area contributed by atoms with Gasteiger partial charge in [0.05, 0.1) is 24.9 Å². The number of hydrogen-bond donors (Lipinski definition) is 0. The van der Waals surface area contributed by atoms with Crippen LogP contribution in [0.4, 0.5) is 0 Å². The summed E-state index contributed by atoms with van der Waals surface area (Å²) >= 11 is 0. The van der Waals surface area contributed by atoms with E-state index in [-0.39, 0.29) is 0 Å². The predicted molar refractivity (Wildman–Crippen MR) is 73.9 cm³/mol. The van der Waals surface area contributed by atoms with Crippen molar-refractivity contribution < 1.29 is 9.53 Å². The summed E-state index contributed by atoms with van der Waals surface area (Å²) in [6.07, 6.45) is 0.863. The Bertz CT molecular complexity index is 615. The molecule has 0 saturated heterocycles. The molecule has 0 atom stereocenters. The molecule has 0 aliphatic carbocycles. The van der Waals surface area contributed by atoms with Crippen LogP contribution in [0.3, 0.4) is 0 Å². The summed E-state index contributed by atoms with van der Waals surface area (Å²) in [5.74, 6) is 0.839. The molecule has 0 radical (unpaired) electrons. The van der Waals surface area contributed by atoms with E-state index >= 15 is 0 Å². The van der Waals surface area contributed by atoms with Crippen molar-refractivity contribution in [2.75, 3.05) is 7.11 Å². The van der Waals surface area contributed by atoms with Gasteiger partial charge in [-0.05, 0) is 26.8 Å². The Hall–Kier alpha value is -2.10. The first-order valence-electron chi connectivity index (χ1n) is 6.19. The monoisotopic (exact) mass is 258 g/mol. The highest BCUT2D eigenvalue weighted by Crippen LogP contribution is 2.22. The minimum atomic E-state index is 0.603. The lowest BCUT2D eigenvalue weighted by Crippen LogP contribution is -2.06. The minimum absolute atomic E-state index is 0.603. The van der Waals surface area contributed by atoms with E-state index in [1.54, 1.807) is 7.11 Å². The predicted octanol–water partition coefficient (Wildman–Crippen LogP) is 2.68. The zero-order chi connectivity index (χ0) is 14.0. The molecule has 2 aromatic rings. The van der Waals surface area contributed by atoms with Crippen LogP contribution >= 0.6 is 0 Å². The van der Waals surface area contributed by atoms with Gasteiger partial charge in [-0.3, -0.25) is 9.48 Å². The average molecular weight is 258 g/mol. The van der Waals surface area contributed by atoms with Crippen molar-refractivity contribution in [1.29, 1.82) is 0 Å². The van der Waals surface area contributed by atoms with Crippen LogP contribution < -0.4 is 4.74 Å². The van der Waals surface area contributed by atoms with Crippen molar-refractivity contribution in [3.05, 3.63) is 46.3 Å². The molecule has 4 nitrogen and oxygen atoms in total. The van der Waals surface area contributed by atoms with Crippen molar-refractivity contribution in [1.82, 2.24) is 9.78 Å². The van der Waals surface area contributed by atoms with Crippen LogP contribution in [0, 0.1) is 20.8 Å². The number of ether oxygens (including phenoxy) is 1. The van der Waals surface area contributed by atoms with E-state index in [0.29, 0.717) is 12.1 Å². The second-order valence-corrected chi connectivity index (χ2v) is 4.68. The van der Waals surface area contributed by atoms with Gasteiger partial charge in [-0.1, -0.05) is 17.7 Å². The van der Waals surface area contributed by atoms with E-state index in [1.807, 2.05) is 37.6 Å². The van der Waals surface area contributed by atoms with Crippen LogP contribution in [0.2, 0.25) is 0 Å². The molecule has 100 valence electrons. The highest BCUT2D eigenvalue weighted by molar-refractivity contribution is 5.78. The number of nitrogens with zero attached hydrogens (tertiary/aromatic N) is 2. The lowest BCUT2D eigenvalue weighted by molar-refractivity contribution is 0.112. The Morgan fingerprint density at radius 2 is 2.05 bits per heavy atom. The molecular weight excluding hydrogens is 240 g/mol. The van der Waals surface area contributed by atoms with Crippen molar-refractivity contribution >= 4 is 6.29 Å². The maximum Gasteiger partial charge on any atom is 0.153 e. The van der Waals surface area contributed by atoms with Crippen LogP contribution in [0.25, 0.3) is 0 Å². The Morgan fingerprint density at radius 3 is 2.63 bits per heavy atom. The van der Waals surface area contributed by atoms with E-state index in [1.165, 1.54) is 5.56 Å². The summed E-state index contributed by atoms with van der Waals surface area (Å²) < 4.78 is 7.21. The summed E-state index contributed by atoms with van der Waals surface area (Å²) in [5.41, 5.74) is 4.56. The topological polar surface area (TPSA) is 44.1 Å². The number of rotatable bonds is 4. The number of hydrogen-bond acceptors (Lipinski definition) is 3. The van der Waals surface area contributed by atoms with Crippen molar-refractivity contribution in [3.63, 3.8) is 0 Å². The summed E-state index contributed by atoms with van der Waals surface area (Å²) in [6, 6.07) is 6.05. The number of aromatic nitrogens is 2. The van der Waals surface area contributed by atoms with Crippen LogP contribution in [-0.2, 0) is 6.54 Å². The van der Waals surface area contributed by atoms with E-state index in [9.17, 15) is 4.79 Å². The molecule has 0 amide bonds. The van der Waals surface area contributed by atoms with Gasteiger partial charge in [-0.2, -0.15) is 5.10 Å². The molecule has 0 aliphatic heterocycles. The number of aryl methyl sites for hydroxylation is 2. The first kappa shape index (κ1) is 13.3. The van der Waals surface area contributed by atoms with Gasteiger partial charge in [0.2, 0.25) is 0 Å². The van der Waals surface area contributed by atoms with E-state index in [4.69, 9.17) is 4.74 Å². The van der Waals surface area contributed by atoms with E-state index in [2.05, 4.69) is 11.2 Å². The molecule has 2 rings (SSSR count). The summed E-state index contributed by atoms with van der Waals surface area (Å²) in [5, 5.41) is 4.41. The first-order valence-corrected chi connectivity index (χ1v) is 6.19. The number of aldehydes is 1. The average Bonchev–Trinajstić information content (AvgIpc) is 2.64. The lowest BCUT2D eigenvalue weighted by atomic mass is 10.1. The highest BCUT2D eigenvalue weighted by atomic mass is 16.5. The van der Waals surface area contributed by atoms with Gasteiger partial charge < -0.3 is 4.74 Å². The maximum absolute atomic E-state index is 11.0. The fraction of sp³-hybridized carbons (Fsp3) is 0.333. The number of carbonyl (C=O) groups is 1. The summed E-state index contributed by atoms with van der Waals surface area (Å²) in [7, 11) is 1.66. The SMILES string of the molecule is COc1ccc(C)cc1Cn1nc(C)c(C=O)c1C. The van der Waals surface area contributed by atoms with Crippen molar-refractivity contribution in [2.45, 2.75) is 27.3 Å². The molecule has 0 fully saturated rings. The van der Waals surface area contributed by atoms with Crippen LogP contribution in [0.15, 0.2) is 18.2 Å². The first-order chi connectivity index (χ1) is 9.06. The molecular formula is C15H18N2O2. The second kappa shape index (κ2) is 5.26. The number of benzene rings is 1. The third-order valence-corrected chi connectivity index (χ3v) is 3.31. The zero-order valence-corrected chi connectivity index (χ0v) is 11.7. The van der Waals surface area contributed by atoms with Crippen LogP contribution in [0.1, 0.15) is 32.9 Å². The molecule has 4 heteroatoms. The van der Waals surface area contributed by atoms with Gasteiger partial charge in [0.1, 0.15) is 5.75 Å². The van der Waals surface area contributed by atoms with Gasteiger partial charge >= 0.3 is 0 Å². The Kier molecular flexibility index (Phi) is 3.69. The second-order valence-electron chi connectivity index (χ2n) is 4.68. The molecule has 0 saturated carbocycles. The maximum atomic E-state index is 11.0. The smallest absolute Gasteiger partial charge is 0.153 e. The van der Waals surface area contributed by atoms with Gasteiger partial charge in [0.25, 0.3) is 0 Å². The number of carbonyl (C=O) groups excluding carboxylic acids is 1. The van der Waals surface area contributed by atoms with Crippen LogP contribution in [-0.4, -0.2) is 23.2 Å². The minimum Gasteiger partial charge on any atom is -0.496 e. The quantitative estimate of drug-likeness (QED) is 0.792. The third kappa shape index (κ3) is 2.52. The largest absolute Gasteiger partial charge is 0.496 e. The standard InChI is InChI=1S/C15H18N2O2/c1-10-5-6-15(19-4)13(7-10)8-17-12(3)14(9-18)11(2)16-17/h5-7,9H,8H2,1-4H3. The summed E-state index contributed by atoms with van der Waals surface area (Å²) in [4.78, 5) is 11.0. The van der Waals surface area contributed by atoms with Crippen LogP contribution in [0.5, 0.6) is 5.75 Å². The Labute approximate surface area is 113 Å². The Balaban J connectivity index is 2.41. The highest BCUT2D eigenvalue weighted by Gasteiger charge is 2.12. The van der Waals surface area contributed by atoms with E-state index in [0.717, 1.165) is 29.0 Å². The van der Waals surface area contributed by atoms with Gasteiger partial charge in [-0.25, -0.2) is 0 Å². The molecule has 0 N–H and O–H groups in total. The molecule has 0 aliphatic rings. The molecule has 0 spiro atoms. The summed E-state index contributed by atoms with van der Waals surface area (Å²) in [6.45, 7) is 6.40. The normalized spacial score (nSPS) is 10.5. The van der Waals surface area contributed by atoms with Gasteiger partial charge in [0, 0.05) is 11.3 Å². The molecule has 1 aromatic carbocycles. The van der Waals surface area contributed by atoms with Crippen molar-refractivity contribution in [3.8, 4) is 5.75 Å². The Morgan fingerprint density at radius 1 is 1.32 bits per heavy atom. The fourth-order valence-corrected chi connectivity index (χ4v) is 2.23. The molecule has 1 heterocycles. The van der Waals surface area contributed by atoms with E-state index < -0.39 is 0 Å². The number of methoxy groups -OCH3 is 1. The fourth-order valence-electron chi connectivity index (χ4n) is 2.23. The molecule has 19 heavy (non-hydrogen) atoms. The molecule has 1 aromatic heterocycles. The molecule has 0 unspecified atom stereocenters. The van der Waals surface area contributed by atoms with Gasteiger partial charge in [0.15, 0.2) is 6.29 Å². The van der Waals surface area contributed by atoms with Crippen molar-refractivity contribution in [2.24, 2.45) is 0 Å². The van der Waals surface area contributed by atoms with Gasteiger partial charge in [-0.15, -0.1) is 0 Å². The lowest BCUT2D eigenvalue weighted by Gasteiger charge is -2.10. The zero-order valence-electron chi connectivity index (χ0n) is 11.7. The third-order valence-electron chi connectivity index (χ3n) is 3.31.